The Morgan fingerprint density at radius 1 is 1.30 bits per heavy atom. The molecule has 1 heterocycles. The van der Waals surface area contributed by atoms with Crippen LogP contribution in [0.25, 0.3) is 10.9 Å². The average Bonchev–Trinajstić information content (AvgIpc) is 2.83. The highest BCUT2D eigenvalue weighted by molar-refractivity contribution is 5.84. The molecule has 0 radical (unpaired) electrons. The minimum absolute atomic E-state index is 0.0678. The fourth-order valence-electron chi connectivity index (χ4n) is 3.07. The summed E-state index contributed by atoms with van der Waals surface area (Å²) in [6.07, 6.45) is 2.68. The summed E-state index contributed by atoms with van der Waals surface area (Å²) in [6, 6.07) is 7.62. The van der Waals surface area contributed by atoms with E-state index in [4.69, 9.17) is 0 Å². The van der Waals surface area contributed by atoms with Gasteiger partial charge in [-0.1, -0.05) is 32.0 Å². The Kier molecular flexibility index (Phi) is 5.80. The Hall–Kier alpha value is -1.85. The van der Waals surface area contributed by atoms with Gasteiger partial charge in [-0.25, -0.2) is 0 Å². The summed E-state index contributed by atoms with van der Waals surface area (Å²) in [5.74, 6) is 0.124. The van der Waals surface area contributed by atoms with E-state index in [-0.39, 0.29) is 30.5 Å². The summed E-state index contributed by atoms with van der Waals surface area (Å²) in [4.78, 5) is 12.4. The van der Waals surface area contributed by atoms with Crippen LogP contribution >= 0.6 is 0 Å². The molecule has 23 heavy (non-hydrogen) atoms. The third-order valence-electron chi connectivity index (χ3n) is 4.27. The first-order valence-corrected chi connectivity index (χ1v) is 8.09. The lowest BCUT2D eigenvalue weighted by Gasteiger charge is -2.23. The second kappa shape index (κ2) is 7.62. The Balaban J connectivity index is 2.14. The topological polar surface area (TPSA) is 66.3 Å². The van der Waals surface area contributed by atoms with E-state index < -0.39 is 0 Å². The molecule has 126 valence electrons. The number of carbonyl (C=O) groups is 1. The number of aryl methyl sites for hydroxylation is 1. The summed E-state index contributed by atoms with van der Waals surface area (Å²) in [7, 11) is 3.79. The zero-order chi connectivity index (χ0) is 17.0. The van der Waals surface area contributed by atoms with E-state index in [9.17, 15) is 9.90 Å². The number of benzene rings is 1. The van der Waals surface area contributed by atoms with Gasteiger partial charge in [0.25, 0.3) is 0 Å². The third-order valence-corrected chi connectivity index (χ3v) is 4.27. The molecule has 0 aliphatic heterocycles. The second-order valence-electron chi connectivity index (χ2n) is 6.38. The number of amides is 1. The highest BCUT2D eigenvalue weighted by Gasteiger charge is 2.23. The first kappa shape index (κ1) is 17.5. The van der Waals surface area contributed by atoms with E-state index >= 15 is 0 Å². The van der Waals surface area contributed by atoms with Gasteiger partial charge in [-0.3, -0.25) is 4.79 Å². The molecule has 2 rings (SSSR count). The maximum atomic E-state index is 12.4. The van der Waals surface area contributed by atoms with Gasteiger partial charge in [-0.05, 0) is 31.0 Å². The number of hydrogen-bond acceptors (Lipinski definition) is 3. The van der Waals surface area contributed by atoms with Gasteiger partial charge >= 0.3 is 0 Å². The van der Waals surface area contributed by atoms with Crippen molar-refractivity contribution in [3.8, 4) is 0 Å². The molecular formula is C18H27N3O2. The minimum Gasteiger partial charge on any atom is -0.394 e. The lowest BCUT2D eigenvalue weighted by molar-refractivity contribution is -0.125. The molecule has 2 aromatic rings. The van der Waals surface area contributed by atoms with Crippen molar-refractivity contribution in [3.63, 3.8) is 0 Å². The van der Waals surface area contributed by atoms with Crippen LogP contribution < -0.4 is 10.6 Å². The molecule has 1 aromatic carbocycles. The molecule has 5 heteroatoms. The number of para-hydroxylation sites is 1. The van der Waals surface area contributed by atoms with Crippen LogP contribution in [0.3, 0.4) is 0 Å². The van der Waals surface area contributed by atoms with Gasteiger partial charge < -0.3 is 20.3 Å². The summed E-state index contributed by atoms with van der Waals surface area (Å²) in [5.41, 5.74) is 2.29. The quantitative estimate of drug-likeness (QED) is 0.724. The number of likely N-dealkylation sites (N-methyl/N-ethyl adjacent to an activating group) is 1. The fraction of sp³-hybridized carbons (Fsp3) is 0.500. The van der Waals surface area contributed by atoms with Gasteiger partial charge in [0, 0.05) is 24.1 Å². The van der Waals surface area contributed by atoms with Gasteiger partial charge in [0.2, 0.25) is 5.91 Å². The minimum atomic E-state index is -0.289. The van der Waals surface area contributed by atoms with Crippen LogP contribution in [0.2, 0.25) is 0 Å². The molecule has 1 aromatic heterocycles. The molecule has 0 aliphatic rings. The van der Waals surface area contributed by atoms with Gasteiger partial charge in [-0.2, -0.15) is 0 Å². The van der Waals surface area contributed by atoms with E-state index in [1.807, 2.05) is 33.0 Å². The molecule has 5 nitrogen and oxygen atoms in total. The van der Waals surface area contributed by atoms with E-state index in [1.54, 1.807) is 7.05 Å². The van der Waals surface area contributed by atoms with Crippen LogP contribution in [0, 0.1) is 5.92 Å². The number of fused-ring (bicyclic) bond motifs is 1. The van der Waals surface area contributed by atoms with Crippen molar-refractivity contribution in [2.45, 2.75) is 32.4 Å². The van der Waals surface area contributed by atoms with Crippen LogP contribution in [0.5, 0.6) is 0 Å². The Morgan fingerprint density at radius 2 is 2.00 bits per heavy atom. The standard InChI is InChI=1S/C18H27N3O2/c1-12(2)17(19-3)18(23)20-14(11-22)9-13-10-21(4)16-8-6-5-7-15(13)16/h5-8,10,12,14,17,19,22H,9,11H2,1-4H3,(H,20,23)/t14-,17-/m0/s1. The molecule has 0 saturated heterocycles. The number of rotatable bonds is 7. The third kappa shape index (κ3) is 3.92. The Labute approximate surface area is 137 Å². The number of aliphatic hydroxyl groups excluding tert-OH is 1. The van der Waals surface area contributed by atoms with Gasteiger partial charge in [0.15, 0.2) is 0 Å². The van der Waals surface area contributed by atoms with Crippen LogP contribution in [-0.2, 0) is 18.3 Å². The second-order valence-corrected chi connectivity index (χ2v) is 6.38. The van der Waals surface area contributed by atoms with E-state index in [0.29, 0.717) is 6.42 Å². The number of hydrogen-bond donors (Lipinski definition) is 3. The number of aromatic nitrogens is 1. The molecule has 0 saturated carbocycles. The molecule has 3 N–H and O–H groups in total. The van der Waals surface area contributed by atoms with Crippen molar-refractivity contribution in [2.75, 3.05) is 13.7 Å². The lowest BCUT2D eigenvalue weighted by atomic mass is 10.0. The number of nitrogens with one attached hydrogen (secondary N) is 2. The zero-order valence-electron chi connectivity index (χ0n) is 14.3. The summed E-state index contributed by atoms with van der Waals surface area (Å²) < 4.78 is 2.07. The van der Waals surface area contributed by atoms with E-state index in [2.05, 4.69) is 33.5 Å². The smallest absolute Gasteiger partial charge is 0.237 e. The lowest BCUT2D eigenvalue weighted by Crippen LogP contribution is -2.50. The predicted molar refractivity (Wildman–Crippen MR) is 93.3 cm³/mol. The first-order chi connectivity index (χ1) is 11.0. The van der Waals surface area contributed by atoms with Crippen molar-refractivity contribution in [3.05, 3.63) is 36.0 Å². The zero-order valence-corrected chi connectivity index (χ0v) is 14.3. The normalized spacial score (nSPS) is 14.2. The summed E-state index contributed by atoms with van der Waals surface area (Å²) in [5, 5.41) is 16.8. The summed E-state index contributed by atoms with van der Waals surface area (Å²) in [6.45, 7) is 3.92. The Bertz CT molecular complexity index is 663. The Morgan fingerprint density at radius 3 is 2.61 bits per heavy atom. The highest BCUT2D eigenvalue weighted by Crippen LogP contribution is 2.21. The molecule has 1 amide bonds. The molecular weight excluding hydrogens is 290 g/mol. The average molecular weight is 317 g/mol. The van der Waals surface area contributed by atoms with Crippen LogP contribution in [0.4, 0.5) is 0 Å². The van der Waals surface area contributed by atoms with Crippen molar-refractivity contribution < 1.29 is 9.90 Å². The van der Waals surface area contributed by atoms with Gasteiger partial charge in [0.1, 0.15) is 0 Å². The highest BCUT2D eigenvalue weighted by atomic mass is 16.3. The van der Waals surface area contributed by atoms with Gasteiger partial charge in [-0.15, -0.1) is 0 Å². The maximum Gasteiger partial charge on any atom is 0.237 e. The number of nitrogens with zero attached hydrogens (tertiary/aromatic N) is 1. The van der Waals surface area contributed by atoms with Gasteiger partial charge in [0.05, 0.1) is 18.7 Å². The SMILES string of the molecule is CN[C@H](C(=O)N[C@H](CO)Cc1cn(C)c2ccccc12)C(C)C. The van der Waals surface area contributed by atoms with Crippen LogP contribution in [0.1, 0.15) is 19.4 Å². The molecule has 0 fully saturated rings. The molecule has 0 spiro atoms. The molecule has 0 aliphatic carbocycles. The molecule has 0 unspecified atom stereocenters. The number of carbonyl (C=O) groups excluding carboxylic acids is 1. The maximum absolute atomic E-state index is 12.4. The monoisotopic (exact) mass is 317 g/mol. The first-order valence-electron chi connectivity index (χ1n) is 8.09. The number of aliphatic hydroxyl groups is 1. The van der Waals surface area contributed by atoms with Crippen LogP contribution in [-0.4, -0.2) is 41.3 Å². The molecule has 0 bridgehead atoms. The van der Waals surface area contributed by atoms with E-state index in [0.717, 1.165) is 16.5 Å². The van der Waals surface area contributed by atoms with E-state index in [1.165, 1.54) is 0 Å². The van der Waals surface area contributed by atoms with Crippen molar-refractivity contribution >= 4 is 16.8 Å². The largest absolute Gasteiger partial charge is 0.394 e. The summed E-state index contributed by atoms with van der Waals surface area (Å²) >= 11 is 0. The van der Waals surface area contributed by atoms with Crippen LogP contribution in [0.15, 0.2) is 30.5 Å². The predicted octanol–water partition coefficient (Wildman–Crippen LogP) is 1.44. The van der Waals surface area contributed by atoms with Crippen molar-refractivity contribution in [2.24, 2.45) is 13.0 Å². The fourth-order valence-corrected chi connectivity index (χ4v) is 3.07. The molecule has 2 atom stereocenters. The van der Waals surface area contributed by atoms with Crippen molar-refractivity contribution in [1.82, 2.24) is 15.2 Å². The van der Waals surface area contributed by atoms with Crippen molar-refractivity contribution in [1.29, 1.82) is 0 Å².